The van der Waals surface area contributed by atoms with Crippen LogP contribution in [0.1, 0.15) is 10.4 Å². The van der Waals surface area contributed by atoms with Gasteiger partial charge in [-0.25, -0.2) is 4.79 Å². The largest absolute Gasteiger partial charge is 0.504 e. The second kappa shape index (κ2) is 4.48. The molecule has 0 saturated carbocycles. The van der Waals surface area contributed by atoms with Crippen LogP contribution in [0.2, 0.25) is 0 Å². The first-order valence-corrected chi connectivity index (χ1v) is 3.95. The molecule has 0 fully saturated rings. The number of carbonyl (C=O) groups is 1. The highest BCUT2D eigenvalue weighted by atomic mass is 16.5. The van der Waals surface area contributed by atoms with Gasteiger partial charge >= 0.3 is 5.97 Å². The van der Waals surface area contributed by atoms with Crippen LogP contribution >= 0.6 is 0 Å². The van der Waals surface area contributed by atoms with E-state index in [0.717, 1.165) is 0 Å². The van der Waals surface area contributed by atoms with E-state index in [2.05, 4.69) is 0 Å². The van der Waals surface area contributed by atoms with E-state index in [4.69, 9.17) is 14.9 Å². The third kappa shape index (κ3) is 2.14. The van der Waals surface area contributed by atoms with Crippen molar-refractivity contribution in [1.82, 2.24) is 0 Å². The molecule has 5 heteroatoms. The summed E-state index contributed by atoms with van der Waals surface area (Å²) < 4.78 is 4.91. The maximum atomic E-state index is 10.6. The molecule has 3 N–H and O–H groups in total. The molecule has 0 unspecified atom stereocenters. The monoisotopic (exact) mass is 198 g/mol. The van der Waals surface area contributed by atoms with Crippen LogP contribution < -0.4 is 4.74 Å². The zero-order valence-corrected chi connectivity index (χ0v) is 7.30. The van der Waals surface area contributed by atoms with E-state index < -0.39 is 11.7 Å². The van der Waals surface area contributed by atoms with Crippen molar-refractivity contribution >= 4 is 5.97 Å². The second-order valence-corrected chi connectivity index (χ2v) is 2.53. The van der Waals surface area contributed by atoms with Gasteiger partial charge in [0.15, 0.2) is 11.5 Å². The minimum atomic E-state index is -1.23. The van der Waals surface area contributed by atoms with Crippen molar-refractivity contribution in [1.29, 1.82) is 0 Å². The van der Waals surface area contributed by atoms with Gasteiger partial charge in [-0.05, 0) is 12.1 Å². The molecule has 0 aromatic heterocycles. The fraction of sp³-hybridized carbons (Fsp3) is 0.222. The van der Waals surface area contributed by atoms with Crippen LogP contribution in [0.3, 0.4) is 0 Å². The summed E-state index contributed by atoms with van der Waals surface area (Å²) in [6.07, 6.45) is 0. The van der Waals surface area contributed by atoms with E-state index in [9.17, 15) is 9.90 Å². The van der Waals surface area contributed by atoms with Crippen molar-refractivity contribution in [3.8, 4) is 11.5 Å². The minimum absolute atomic E-state index is 0.0105. The molecule has 0 saturated heterocycles. The predicted molar refractivity (Wildman–Crippen MR) is 47.6 cm³/mol. The average molecular weight is 198 g/mol. The van der Waals surface area contributed by atoms with Crippen LogP contribution in [0.15, 0.2) is 18.2 Å². The molecule has 0 atom stereocenters. The number of aliphatic hydroxyl groups is 1. The zero-order valence-electron chi connectivity index (χ0n) is 7.30. The SMILES string of the molecule is O=C(O)c1cccc(OCCO)c1O. The molecule has 0 aliphatic rings. The van der Waals surface area contributed by atoms with Crippen LogP contribution in [-0.4, -0.2) is 34.5 Å². The van der Waals surface area contributed by atoms with Crippen LogP contribution in [0.5, 0.6) is 11.5 Å². The summed E-state index contributed by atoms with van der Waals surface area (Å²) >= 11 is 0. The smallest absolute Gasteiger partial charge is 0.339 e. The Labute approximate surface area is 80.2 Å². The Morgan fingerprint density at radius 3 is 2.71 bits per heavy atom. The summed E-state index contributed by atoms with van der Waals surface area (Å²) in [5, 5.41) is 26.5. The number of rotatable bonds is 4. The lowest BCUT2D eigenvalue weighted by molar-refractivity contribution is 0.0692. The van der Waals surface area contributed by atoms with Gasteiger partial charge in [0, 0.05) is 0 Å². The van der Waals surface area contributed by atoms with Gasteiger partial charge in [0.1, 0.15) is 12.2 Å². The molecule has 0 bridgehead atoms. The molecule has 1 aromatic carbocycles. The molecule has 0 spiro atoms. The van der Waals surface area contributed by atoms with Crippen molar-refractivity contribution < 1.29 is 24.9 Å². The maximum Gasteiger partial charge on any atom is 0.339 e. The normalized spacial score (nSPS) is 9.79. The molecule has 5 nitrogen and oxygen atoms in total. The Bertz CT molecular complexity index is 334. The first-order chi connectivity index (χ1) is 6.66. The number of para-hydroxylation sites is 1. The number of phenols is 1. The van der Waals surface area contributed by atoms with Gasteiger partial charge in [0.2, 0.25) is 0 Å². The fourth-order valence-corrected chi connectivity index (χ4v) is 0.967. The molecule has 0 radical (unpaired) electrons. The first-order valence-electron chi connectivity index (χ1n) is 3.95. The van der Waals surface area contributed by atoms with E-state index in [1.165, 1.54) is 18.2 Å². The van der Waals surface area contributed by atoms with E-state index in [-0.39, 0.29) is 24.5 Å². The molecular formula is C9H10O5. The van der Waals surface area contributed by atoms with Crippen molar-refractivity contribution in [2.24, 2.45) is 0 Å². The number of ether oxygens (including phenoxy) is 1. The predicted octanol–water partition coefficient (Wildman–Crippen LogP) is 0.461. The van der Waals surface area contributed by atoms with E-state index in [1.807, 2.05) is 0 Å². The first kappa shape index (κ1) is 10.3. The van der Waals surface area contributed by atoms with Gasteiger partial charge in [0.05, 0.1) is 6.61 Å². The Kier molecular flexibility index (Phi) is 3.30. The summed E-state index contributed by atoms with van der Waals surface area (Å²) in [6, 6.07) is 4.15. The lowest BCUT2D eigenvalue weighted by atomic mass is 10.2. The molecule has 0 heterocycles. The minimum Gasteiger partial charge on any atom is -0.504 e. The highest BCUT2D eigenvalue weighted by molar-refractivity contribution is 5.91. The van der Waals surface area contributed by atoms with Crippen molar-refractivity contribution in [2.45, 2.75) is 0 Å². The number of aliphatic hydroxyl groups excluding tert-OH is 1. The van der Waals surface area contributed by atoms with Gasteiger partial charge in [-0.15, -0.1) is 0 Å². The summed E-state index contributed by atoms with van der Waals surface area (Å²) in [4.78, 5) is 10.6. The molecule has 0 aliphatic carbocycles. The molecule has 1 aromatic rings. The number of carboxylic acids is 1. The summed E-state index contributed by atoms with van der Waals surface area (Å²) in [5.74, 6) is -1.59. The van der Waals surface area contributed by atoms with E-state index in [0.29, 0.717) is 0 Å². The Morgan fingerprint density at radius 1 is 1.43 bits per heavy atom. The summed E-state index contributed by atoms with van der Waals surface area (Å²) in [6.45, 7) is -0.187. The standard InChI is InChI=1S/C9H10O5/c10-4-5-14-7-3-1-2-6(8(7)11)9(12)13/h1-3,10-11H,4-5H2,(H,12,13). The number of carboxylic acid groups (broad SMARTS) is 1. The van der Waals surface area contributed by atoms with Crippen LogP contribution in [-0.2, 0) is 0 Å². The van der Waals surface area contributed by atoms with Gasteiger partial charge in [0.25, 0.3) is 0 Å². The molecule has 1 rings (SSSR count). The molecule has 76 valence electrons. The molecule has 0 amide bonds. The zero-order chi connectivity index (χ0) is 10.6. The highest BCUT2D eigenvalue weighted by Gasteiger charge is 2.13. The summed E-state index contributed by atoms with van der Waals surface area (Å²) in [5.41, 5.74) is -0.222. The lowest BCUT2D eigenvalue weighted by Crippen LogP contribution is -2.03. The second-order valence-electron chi connectivity index (χ2n) is 2.53. The third-order valence-electron chi connectivity index (χ3n) is 1.58. The summed E-state index contributed by atoms with van der Waals surface area (Å²) in [7, 11) is 0. The Balaban J connectivity index is 2.95. The number of aromatic hydroxyl groups is 1. The van der Waals surface area contributed by atoms with Crippen molar-refractivity contribution in [3.05, 3.63) is 23.8 Å². The lowest BCUT2D eigenvalue weighted by Gasteiger charge is -2.07. The van der Waals surface area contributed by atoms with Crippen LogP contribution in [0.25, 0.3) is 0 Å². The number of benzene rings is 1. The van der Waals surface area contributed by atoms with Gasteiger partial charge in [-0.2, -0.15) is 0 Å². The van der Waals surface area contributed by atoms with Crippen molar-refractivity contribution in [3.63, 3.8) is 0 Å². The van der Waals surface area contributed by atoms with Gasteiger partial charge in [-0.3, -0.25) is 0 Å². The quantitative estimate of drug-likeness (QED) is 0.654. The molecule has 0 aliphatic heterocycles. The average Bonchev–Trinajstić information content (AvgIpc) is 2.16. The van der Waals surface area contributed by atoms with Crippen LogP contribution in [0, 0.1) is 0 Å². The topological polar surface area (TPSA) is 87.0 Å². The fourth-order valence-electron chi connectivity index (χ4n) is 0.967. The molecule has 14 heavy (non-hydrogen) atoms. The van der Waals surface area contributed by atoms with Gasteiger partial charge in [-0.1, -0.05) is 6.07 Å². The number of hydrogen-bond acceptors (Lipinski definition) is 4. The van der Waals surface area contributed by atoms with E-state index in [1.54, 1.807) is 0 Å². The van der Waals surface area contributed by atoms with Gasteiger partial charge < -0.3 is 20.1 Å². The van der Waals surface area contributed by atoms with Crippen LogP contribution in [0.4, 0.5) is 0 Å². The third-order valence-corrected chi connectivity index (χ3v) is 1.58. The number of hydrogen-bond donors (Lipinski definition) is 3. The van der Waals surface area contributed by atoms with E-state index >= 15 is 0 Å². The maximum absolute atomic E-state index is 10.6. The van der Waals surface area contributed by atoms with Crippen molar-refractivity contribution in [2.75, 3.05) is 13.2 Å². The number of aromatic carboxylic acids is 1. The Hall–Kier alpha value is -1.75. The highest BCUT2D eigenvalue weighted by Crippen LogP contribution is 2.29. The molecular weight excluding hydrogens is 188 g/mol. The Morgan fingerprint density at radius 2 is 2.14 bits per heavy atom.